The van der Waals surface area contributed by atoms with Gasteiger partial charge >= 0.3 is 395 Å². The van der Waals surface area contributed by atoms with Gasteiger partial charge in [0.2, 0.25) is 0 Å². The van der Waals surface area contributed by atoms with Crippen LogP contribution in [-0.4, -0.2) is 278 Å². The summed E-state index contributed by atoms with van der Waals surface area (Å²) in [6.07, 6.45) is 5.25. The van der Waals surface area contributed by atoms with Crippen molar-refractivity contribution in [2.75, 3.05) is 13.2 Å². The third-order valence-corrected chi connectivity index (χ3v) is 99.8. The zero-order chi connectivity index (χ0) is 91.3. The first-order valence-electron chi connectivity index (χ1n) is 42.7. The topological polar surface area (TPSA) is 222 Å². The van der Waals surface area contributed by atoms with Crippen molar-refractivity contribution in [1.29, 1.82) is 0 Å². The fourth-order valence-corrected chi connectivity index (χ4v) is 109. The Labute approximate surface area is 1060 Å². The molecule has 24 nitrogen and oxygen atoms in total. The first-order chi connectivity index (χ1) is 50.5. The average Bonchev–Trinajstić information content (AvgIpc) is 0.761. The fraction of sp³-hybridized carbons (Fsp3) is 1.00. The van der Waals surface area contributed by atoms with Crippen LogP contribution < -0.4 is 308 Å². The molecule has 2 aliphatic rings. The van der Waals surface area contributed by atoms with Crippen LogP contribution in [-0.2, 0) is 99.4 Å². The Morgan fingerprint density at radius 3 is 0.787 bits per heavy atom. The van der Waals surface area contributed by atoms with E-state index in [-0.39, 0.29) is 333 Å². The molecule has 0 N–H and O–H groups in total. The third-order valence-electron chi connectivity index (χ3n) is 13.2. The summed E-state index contributed by atoms with van der Waals surface area (Å²) in [6.45, 7) is 116. The van der Waals surface area contributed by atoms with Gasteiger partial charge in [0.1, 0.15) is 0 Å². The van der Waals surface area contributed by atoms with Gasteiger partial charge < -0.3 is 108 Å². The molecule has 4 unspecified atom stereocenters. The minimum Gasteiger partial charge on any atom is -1.00 e. The summed E-state index contributed by atoms with van der Waals surface area (Å²) >= 11 is 0. The summed E-state index contributed by atoms with van der Waals surface area (Å²) in [7, 11) is -51.0. The van der Waals surface area contributed by atoms with Crippen molar-refractivity contribution < 1.29 is 416 Å². The Hall–Kier alpha value is 15.2. The fourth-order valence-electron chi connectivity index (χ4n) is 12.4. The van der Waals surface area contributed by atoms with Gasteiger partial charge in [0.15, 0.2) is 132 Å². The van der Waals surface area contributed by atoms with Crippen LogP contribution in [0.2, 0.25) is 359 Å². The number of rotatable bonds is 42. The number of hydrogen-bond donors (Lipinski definition) is 0. The Balaban J connectivity index is -0.0000000694. The SMILES string of the molecule is C.C[SiH](C)O[SiH](C)O[SiH](C)C.C[SiH](C)O[SiH](C)O[Si](C)(C)O[SiH](C)C.C[SiH](C)O[Si](C)(C)O[Si](C)(O[Si](C)(C)O[SiH](C)C)O[Si](O[Si](C)(C)O[SiH](C)C)(O[Si](C)(C)O[SiH](C)C)O[Si](C)(C)O[SiH](C)C.C[SiH](O[Si](C)(C)C)O[Si](C)(C)C.C[SiH](O[Si](C)(C)C)O[Si](C)(C)O[Si](C)(C)C.C[SiH]1CCCCO1.C[SiH]1OCCCC[Si](C)(C)O1.[B].[H-].[H-].[H-].[H-].[H-].[H-].[K+].[K+].[K+].[K+].[K+].[K+]. The third kappa shape index (κ3) is 114. The molecular weight excluding hydrogens is 2190 g/mol. The Kier molecular flexibility index (Phi) is 108. The van der Waals surface area contributed by atoms with Crippen LogP contribution in [0.1, 0.15) is 41.7 Å². The van der Waals surface area contributed by atoms with Crippen LogP contribution in [0.25, 0.3) is 0 Å². The Bertz CT molecular complexity index is 2400. The summed E-state index contributed by atoms with van der Waals surface area (Å²) in [5.41, 5.74) is 0. The zero-order valence-electron chi connectivity index (χ0n) is 96.7. The van der Waals surface area contributed by atoms with Crippen LogP contribution in [0, 0.1) is 0 Å². The summed E-state index contributed by atoms with van der Waals surface area (Å²) < 4.78 is 151. The molecule has 0 aromatic heterocycles. The van der Waals surface area contributed by atoms with Crippen molar-refractivity contribution in [3.05, 3.63) is 0 Å². The van der Waals surface area contributed by atoms with E-state index in [1.165, 1.54) is 37.8 Å². The molecule has 2 aliphatic heterocycles. The minimum atomic E-state index is -4.17. The van der Waals surface area contributed by atoms with Crippen molar-refractivity contribution >= 4 is 265 Å². The zero-order valence-corrected chi connectivity index (χ0v) is 141. The summed E-state index contributed by atoms with van der Waals surface area (Å²) in [5, 5.41) is 0. The second-order valence-corrected chi connectivity index (χ2v) is 131. The maximum atomic E-state index is 7.23. The molecule has 122 heavy (non-hydrogen) atoms. The molecule has 0 aliphatic carbocycles. The molecule has 0 spiro atoms. The quantitative estimate of drug-likeness (QED) is 0.0720. The van der Waals surface area contributed by atoms with E-state index in [4.69, 9.17) is 99.4 Å². The molecule has 0 aromatic carbocycles. The van der Waals surface area contributed by atoms with Crippen LogP contribution >= 0.6 is 0 Å². The van der Waals surface area contributed by atoms with Crippen molar-refractivity contribution in [3.8, 4) is 0 Å². The summed E-state index contributed by atoms with van der Waals surface area (Å²) in [4.78, 5) is 0. The van der Waals surface area contributed by atoms with Crippen LogP contribution in [0.4, 0.5) is 0 Å². The van der Waals surface area contributed by atoms with E-state index in [2.05, 4.69) is 275 Å². The molecule has 717 valence electrons. The predicted molar refractivity (Wildman–Crippen MR) is 582 cm³/mol. The predicted octanol–water partition coefficient (Wildman–Crippen LogP) is -0.238. The van der Waals surface area contributed by atoms with Crippen molar-refractivity contribution in [1.82, 2.24) is 0 Å². The molecule has 3 radical (unpaired) electrons. The minimum absolute atomic E-state index is 0. The summed E-state index contributed by atoms with van der Waals surface area (Å²) in [5.74, 6) is 0. The largest absolute Gasteiger partial charge is 1.00 e. The first-order valence-corrected chi connectivity index (χ1v) is 121. The van der Waals surface area contributed by atoms with Crippen LogP contribution in [0.5, 0.6) is 0 Å². The molecule has 60 heteroatoms. The first kappa shape index (κ1) is 165. The molecular formula is C62H200BK6O24Si29. The van der Waals surface area contributed by atoms with Gasteiger partial charge in [0.05, 0.1) is 0 Å². The van der Waals surface area contributed by atoms with Gasteiger partial charge in [-0.15, -0.1) is 0 Å². The van der Waals surface area contributed by atoms with Crippen molar-refractivity contribution in [2.24, 2.45) is 0 Å². The van der Waals surface area contributed by atoms with E-state index in [1.807, 2.05) is 72.0 Å². The van der Waals surface area contributed by atoms with Gasteiger partial charge in [0, 0.05) is 28.2 Å². The monoisotopic (exact) mass is 2390 g/mol. The molecule has 0 saturated carbocycles. The maximum absolute atomic E-state index is 7.23. The second kappa shape index (κ2) is 80.2. The van der Waals surface area contributed by atoms with Crippen molar-refractivity contribution in [3.63, 3.8) is 0 Å². The van der Waals surface area contributed by atoms with Crippen LogP contribution in [0.15, 0.2) is 0 Å². The van der Waals surface area contributed by atoms with E-state index in [0.29, 0.717) is 0 Å². The van der Waals surface area contributed by atoms with E-state index < -0.39 is 256 Å². The average molecular weight is 2390 g/mol. The van der Waals surface area contributed by atoms with Gasteiger partial charge in [-0.2, -0.15) is 0 Å². The van der Waals surface area contributed by atoms with Gasteiger partial charge in [0.25, 0.3) is 37.1 Å². The smallest absolute Gasteiger partial charge is 1.00 e. The molecule has 0 bridgehead atoms. The Morgan fingerprint density at radius 2 is 0.533 bits per heavy atom. The van der Waals surface area contributed by atoms with E-state index in [9.17, 15) is 0 Å². The summed E-state index contributed by atoms with van der Waals surface area (Å²) in [6, 6.07) is 2.72. The standard InChI is InChI=1S/C21H68O11Si12.C9H28O3Si4.C7H24O3Si4.C7H22O2Si3.C7H18O2Si2.C5H18O2Si3.C5H12OSi.CH4.B.6K.6H/c1-33(2)22-38(11,12)27-43(21,28-39(13,14)23-34(3)4)32-44(29-40(15,16)24-35(5)6,30-41(17,18)25-36(7)8)31-42(19,20)26-37(9)10;1-13(10-14(2,3)4)11-16(8,9)12-15(5,6)7;1-11(2)8-13(5)10-14(6,7)9-12(3)4;1-10(8-11(2,3)4)9-12(5,6)7;1-10-8-6-4-5-7-11(2,3)9-10;1-8(2)6-10(5)7-9(3)4;1-7-5-3-2-4-6-7;;;;;;;;;;;;;;/h33-37H,1-21H3;13H,1-9H3;11-13H,1-7H3;10H,1-7H3;10H,4-7H2,1-3H3;8-10H,1-5H3;7H,2-5H2,1H3;1H4;;;;;;;;;;;;;/q;;;;;;;;;6*+1;6*-1. The van der Waals surface area contributed by atoms with E-state index in [1.54, 1.807) is 0 Å². The number of hydrogen-bond acceptors (Lipinski definition) is 24. The van der Waals surface area contributed by atoms with Gasteiger partial charge in [-0.25, -0.2) is 0 Å². The Morgan fingerprint density at radius 1 is 0.279 bits per heavy atom. The van der Waals surface area contributed by atoms with Crippen LogP contribution in [0.3, 0.4) is 0 Å². The molecule has 2 heterocycles. The molecule has 0 amide bonds. The van der Waals surface area contributed by atoms with Gasteiger partial charge in [-0.3, -0.25) is 0 Å². The molecule has 4 atom stereocenters. The molecule has 2 saturated heterocycles. The second-order valence-electron chi connectivity index (χ2n) is 39.7. The maximum Gasteiger partial charge on any atom is 1.00 e. The van der Waals surface area contributed by atoms with Gasteiger partial charge in [-0.1, -0.05) is 20.3 Å². The molecule has 2 fully saturated rings. The molecule has 2 rings (SSSR count). The van der Waals surface area contributed by atoms with Gasteiger partial charge in [-0.05, 0) is 365 Å². The van der Waals surface area contributed by atoms with Crippen molar-refractivity contribution in [2.45, 2.75) is 392 Å². The molecule has 0 aromatic rings. The normalized spacial score (nSPS) is 16.5. The van der Waals surface area contributed by atoms with E-state index in [0.717, 1.165) is 13.2 Å². The van der Waals surface area contributed by atoms with E-state index >= 15 is 0 Å².